The monoisotopic (exact) mass is 305 g/mol. The second-order valence-electron chi connectivity index (χ2n) is 6.68. The molecule has 1 aliphatic rings. The van der Waals surface area contributed by atoms with Crippen LogP contribution in [0.5, 0.6) is 5.75 Å². The Labute approximate surface area is 135 Å². The number of likely N-dealkylation sites (tertiary alicyclic amines) is 1. The molecular weight excluding hydrogens is 274 g/mol. The Balaban J connectivity index is 2.10. The van der Waals surface area contributed by atoms with Crippen molar-refractivity contribution in [2.75, 3.05) is 46.9 Å². The van der Waals surface area contributed by atoms with Crippen molar-refractivity contribution in [1.82, 2.24) is 9.80 Å². The van der Waals surface area contributed by atoms with E-state index in [1.165, 1.54) is 18.4 Å². The molecule has 1 aromatic rings. The van der Waals surface area contributed by atoms with Crippen LogP contribution < -0.4 is 10.5 Å². The molecule has 0 radical (unpaired) electrons. The number of ether oxygens (including phenoxy) is 1. The minimum Gasteiger partial charge on any atom is -0.492 e. The highest BCUT2D eigenvalue weighted by Gasteiger charge is 2.26. The van der Waals surface area contributed by atoms with Crippen LogP contribution in [-0.2, 0) is 0 Å². The molecule has 0 spiro atoms. The van der Waals surface area contributed by atoms with Gasteiger partial charge in [0.15, 0.2) is 0 Å². The second kappa shape index (κ2) is 8.51. The number of nitrogens with two attached hydrogens (primary N) is 1. The smallest absolute Gasteiger partial charge is 0.124 e. The van der Waals surface area contributed by atoms with Crippen LogP contribution in [0.4, 0.5) is 0 Å². The van der Waals surface area contributed by atoms with E-state index in [0.29, 0.717) is 13.2 Å². The van der Waals surface area contributed by atoms with Gasteiger partial charge in [-0.3, -0.25) is 4.90 Å². The molecule has 22 heavy (non-hydrogen) atoms. The van der Waals surface area contributed by atoms with Crippen molar-refractivity contribution < 1.29 is 4.74 Å². The highest BCUT2D eigenvalue weighted by molar-refractivity contribution is 5.36. The van der Waals surface area contributed by atoms with E-state index in [0.717, 1.165) is 31.3 Å². The van der Waals surface area contributed by atoms with E-state index in [1.54, 1.807) is 0 Å². The van der Waals surface area contributed by atoms with Gasteiger partial charge in [0.25, 0.3) is 0 Å². The van der Waals surface area contributed by atoms with E-state index < -0.39 is 0 Å². The summed E-state index contributed by atoms with van der Waals surface area (Å²) in [5.74, 6) is 1.74. The highest BCUT2D eigenvalue weighted by atomic mass is 16.5. The van der Waals surface area contributed by atoms with E-state index in [-0.39, 0.29) is 6.04 Å². The van der Waals surface area contributed by atoms with Gasteiger partial charge in [-0.05, 0) is 45.5 Å². The molecule has 0 aliphatic carbocycles. The Morgan fingerprint density at radius 1 is 1.36 bits per heavy atom. The standard InChI is InChI=1S/C18H31N3O/c1-15-7-6-10-21(14-15)17(13-19)16-8-4-5-9-18(16)22-12-11-20(2)3/h4-5,8-9,15,17H,6-7,10-14,19H2,1-3H3. The predicted molar refractivity (Wildman–Crippen MR) is 92.3 cm³/mol. The molecule has 1 aromatic carbocycles. The van der Waals surface area contributed by atoms with Gasteiger partial charge in [-0.25, -0.2) is 0 Å². The first kappa shape index (κ1) is 17.3. The summed E-state index contributed by atoms with van der Waals surface area (Å²) in [6.45, 7) is 6.87. The summed E-state index contributed by atoms with van der Waals surface area (Å²) in [4.78, 5) is 4.66. The number of para-hydroxylation sites is 1. The molecule has 2 atom stereocenters. The van der Waals surface area contributed by atoms with Gasteiger partial charge in [-0.15, -0.1) is 0 Å². The van der Waals surface area contributed by atoms with E-state index in [9.17, 15) is 0 Å². The van der Waals surface area contributed by atoms with Crippen molar-refractivity contribution >= 4 is 0 Å². The van der Waals surface area contributed by atoms with Gasteiger partial charge in [0, 0.05) is 25.2 Å². The Bertz CT molecular complexity index is 450. The normalized spacial score (nSPS) is 21.0. The molecule has 1 aliphatic heterocycles. The zero-order valence-electron chi connectivity index (χ0n) is 14.3. The number of rotatable bonds is 7. The molecule has 1 fully saturated rings. The minimum absolute atomic E-state index is 0.262. The number of nitrogens with zero attached hydrogens (tertiary/aromatic N) is 2. The average molecular weight is 305 g/mol. The molecule has 2 unspecified atom stereocenters. The maximum atomic E-state index is 6.12. The summed E-state index contributed by atoms with van der Waals surface area (Å²) in [6.07, 6.45) is 2.59. The first-order chi connectivity index (χ1) is 10.6. The van der Waals surface area contributed by atoms with Crippen molar-refractivity contribution in [1.29, 1.82) is 0 Å². The Kier molecular flexibility index (Phi) is 6.68. The lowest BCUT2D eigenvalue weighted by Gasteiger charge is -2.37. The van der Waals surface area contributed by atoms with Crippen molar-refractivity contribution in [2.45, 2.75) is 25.8 Å². The zero-order valence-corrected chi connectivity index (χ0v) is 14.3. The number of hydrogen-bond donors (Lipinski definition) is 1. The van der Waals surface area contributed by atoms with Crippen molar-refractivity contribution in [3.63, 3.8) is 0 Å². The summed E-state index contributed by atoms with van der Waals surface area (Å²) in [7, 11) is 4.13. The molecule has 0 aromatic heterocycles. The van der Waals surface area contributed by atoms with Gasteiger partial charge in [0.2, 0.25) is 0 Å². The summed E-state index contributed by atoms with van der Waals surface area (Å²) < 4.78 is 6.02. The van der Waals surface area contributed by atoms with Gasteiger partial charge in [-0.1, -0.05) is 25.1 Å². The van der Waals surface area contributed by atoms with E-state index in [4.69, 9.17) is 10.5 Å². The lowest BCUT2D eigenvalue weighted by atomic mass is 9.96. The predicted octanol–water partition coefficient (Wildman–Crippen LogP) is 2.36. The number of piperidine rings is 1. The van der Waals surface area contributed by atoms with Crippen LogP contribution in [0.1, 0.15) is 31.4 Å². The average Bonchev–Trinajstić information content (AvgIpc) is 2.49. The molecule has 0 bridgehead atoms. The Morgan fingerprint density at radius 2 is 2.14 bits per heavy atom. The second-order valence-corrected chi connectivity index (χ2v) is 6.68. The fourth-order valence-electron chi connectivity index (χ4n) is 3.21. The number of likely N-dealkylation sites (N-methyl/N-ethyl adjacent to an activating group) is 1. The maximum absolute atomic E-state index is 6.12. The first-order valence-corrected chi connectivity index (χ1v) is 8.42. The molecule has 2 rings (SSSR count). The Morgan fingerprint density at radius 3 is 2.82 bits per heavy atom. The van der Waals surface area contributed by atoms with Crippen LogP contribution in [0.15, 0.2) is 24.3 Å². The van der Waals surface area contributed by atoms with Gasteiger partial charge >= 0.3 is 0 Å². The Hall–Kier alpha value is -1.10. The topological polar surface area (TPSA) is 41.7 Å². The molecule has 124 valence electrons. The molecule has 0 saturated carbocycles. The van der Waals surface area contributed by atoms with Crippen molar-refractivity contribution in [3.8, 4) is 5.75 Å². The largest absolute Gasteiger partial charge is 0.492 e. The third kappa shape index (κ3) is 4.70. The van der Waals surface area contributed by atoms with Crippen LogP contribution in [0.2, 0.25) is 0 Å². The van der Waals surface area contributed by atoms with E-state index in [2.05, 4.69) is 49.0 Å². The summed E-state index contributed by atoms with van der Waals surface area (Å²) in [5, 5.41) is 0. The van der Waals surface area contributed by atoms with Crippen LogP contribution in [0.3, 0.4) is 0 Å². The first-order valence-electron chi connectivity index (χ1n) is 8.42. The van der Waals surface area contributed by atoms with Gasteiger partial charge < -0.3 is 15.4 Å². The quantitative estimate of drug-likeness (QED) is 0.840. The SMILES string of the molecule is CC1CCCN(C(CN)c2ccccc2OCCN(C)C)C1. The highest BCUT2D eigenvalue weighted by Crippen LogP contribution is 2.31. The molecule has 0 amide bonds. The summed E-state index contributed by atoms with van der Waals surface area (Å²) in [5.41, 5.74) is 7.36. The van der Waals surface area contributed by atoms with E-state index in [1.807, 2.05) is 6.07 Å². The van der Waals surface area contributed by atoms with Crippen LogP contribution in [-0.4, -0.2) is 56.7 Å². The third-order valence-corrected chi connectivity index (χ3v) is 4.43. The molecule has 4 nitrogen and oxygen atoms in total. The fraction of sp³-hybridized carbons (Fsp3) is 0.667. The number of benzene rings is 1. The minimum atomic E-state index is 0.262. The maximum Gasteiger partial charge on any atom is 0.124 e. The number of hydrogen-bond acceptors (Lipinski definition) is 4. The molecule has 1 heterocycles. The van der Waals surface area contributed by atoms with Crippen molar-refractivity contribution in [3.05, 3.63) is 29.8 Å². The van der Waals surface area contributed by atoms with E-state index >= 15 is 0 Å². The molecule has 1 saturated heterocycles. The summed E-state index contributed by atoms with van der Waals surface area (Å²) >= 11 is 0. The molecule has 4 heteroatoms. The lowest BCUT2D eigenvalue weighted by Crippen LogP contribution is -2.40. The van der Waals surface area contributed by atoms with Gasteiger partial charge in [-0.2, -0.15) is 0 Å². The van der Waals surface area contributed by atoms with Crippen LogP contribution >= 0.6 is 0 Å². The lowest BCUT2D eigenvalue weighted by molar-refractivity contribution is 0.130. The summed E-state index contributed by atoms with van der Waals surface area (Å²) in [6, 6.07) is 8.63. The van der Waals surface area contributed by atoms with Gasteiger partial charge in [0.05, 0.1) is 6.04 Å². The molecular formula is C18H31N3O. The third-order valence-electron chi connectivity index (χ3n) is 4.43. The van der Waals surface area contributed by atoms with Crippen LogP contribution in [0.25, 0.3) is 0 Å². The molecule has 2 N–H and O–H groups in total. The van der Waals surface area contributed by atoms with Crippen LogP contribution in [0, 0.1) is 5.92 Å². The fourth-order valence-corrected chi connectivity index (χ4v) is 3.21. The van der Waals surface area contributed by atoms with Gasteiger partial charge in [0.1, 0.15) is 12.4 Å². The zero-order chi connectivity index (χ0) is 15.9. The van der Waals surface area contributed by atoms with Crippen molar-refractivity contribution in [2.24, 2.45) is 11.7 Å².